The maximum Gasteiger partial charge on any atom is 2.00 e. The number of anilines is 3. The van der Waals surface area contributed by atoms with E-state index >= 15 is 0 Å². The van der Waals surface area contributed by atoms with Crippen LogP contribution in [0.3, 0.4) is 0 Å². The van der Waals surface area contributed by atoms with Crippen LogP contribution in [0.5, 0.6) is 11.5 Å². The molecule has 0 saturated carbocycles. The van der Waals surface area contributed by atoms with Crippen LogP contribution in [0.25, 0.3) is 60.3 Å². The summed E-state index contributed by atoms with van der Waals surface area (Å²) in [5.41, 5.74) is 9.51. The zero-order valence-electron chi connectivity index (χ0n) is 28.1. The predicted octanol–water partition coefficient (Wildman–Crippen LogP) is 11.6. The second-order valence-corrected chi connectivity index (χ2v) is 13.7. The van der Waals surface area contributed by atoms with Gasteiger partial charge in [0.15, 0.2) is 0 Å². The first-order valence-corrected chi connectivity index (χ1v) is 17.1. The minimum absolute atomic E-state index is 0. The van der Waals surface area contributed by atoms with E-state index in [1.54, 1.807) is 0 Å². The van der Waals surface area contributed by atoms with E-state index < -0.39 is 0 Å². The Morgan fingerprint density at radius 3 is 2.35 bits per heavy atom. The molecule has 0 aliphatic carbocycles. The van der Waals surface area contributed by atoms with Gasteiger partial charge in [0.05, 0.1) is 27.8 Å². The molecule has 5 heterocycles. The minimum Gasteiger partial charge on any atom is -0.503 e. The molecule has 1 aliphatic rings. The number of para-hydroxylation sites is 4. The zero-order chi connectivity index (χ0) is 33.8. The van der Waals surface area contributed by atoms with E-state index in [2.05, 4.69) is 120 Å². The third-order valence-electron chi connectivity index (χ3n) is 10.4. The Labute approximate surface area is 313 Å². The average Bonchev–Trinajstić information content (AvgIpc) is 3.75. The molecule has 0 spiro atoms. The van der Waals surface area contributed by atoms with Gasteiger partial charge in [-0.2, -0.15) is 6.07 Å². The summed E-state index contributed by atoms with van der Waals surface area (Å²) >= 11 is 0. The number of hydrogen-bond acceptors (Lipinski definition) is 5. The Bertz CT molecular complexity index is 3070. The van der Waals surface area contributed by atoms with Gasteiger partial charge in [0.2, 0.25) is 0 Å². The van der Waals surface area contributed by atoms with Crippen molar-refractivity contribution in [2.24, 2.45) is 0 Å². The van der Waals surface area contributed by atoms with Crippen molar-refractivity contribution in [2.75, 3.05) is 4.90 Å². The molecule has 0 bridgehead atoms. The van der Waals surface area contributed by atoms with Crippen LogP contribution in [-0.4, -0.2) is 14.4 Å². The van der Waals surface area contributed by atoms with E-state index in [9.17, 15) is 0 Å². The van der Waals surface area contributed by atoms with Gasteiger partial charge in [0, 0.05) is 39.6 Å². The number of pyridine rings is 2. The van der Waals surface area contributed by atoms with E-state index in [0.29, 0.717) is 11.5 Å². The van der Waals surface area contributed by atoms with Gasteiger partial charge in [-0.1, -0.05) is 97.0 Å². The molecular weight excluding hydrogens is 824 g/mol. The fourth-order valence-electron chi connectivity index (χ4n) is 8.10. The van der Waals surface area contributed by atoms with E-state index in [1.165, 1.54) is 5.56 Å². The second kappa shape index (κ2) is 11.3. The van der Waals surface area contributed by atoms with Gasteiger partial charge in [-0.3, -0.25) is 4.98 Å². The summed E-state index contributed by atoms with van der Waals surface area (Å²) in [4.78, 5) is 12.3. The van der Waals surface area contributed by atoms with E-state index in [4.69, 9.17) is 19.1 Å². The molecule has 6 nitrogen and oxygen atoms in total. The van der Waals surface area contributed by atoms with Gasteiger partial charge >= 0.3 is 21.1 Å². The van der Waals surface area contributed by atoms with Gasteiger partial charge in [-0.15, -0.1) is 30.3 Å². The molecular formula is C45H28N4O2Pt. The topological polar surface area (TPSA) is 55.8 Å². The van der Waals surface area contributed by atoms with Crippen LogP contribution < -0.4 is 9.64 Å². The minimum atomic E-state index is -0.302. The van der Waals surface area contributed by atoms with E-state index in [1.807, 2.05) is 48.7 Å². The van der Waals surface area contributed by atoms with Crippen LogP contribution in [0, 0.1) is 12.1 Å². The third-order valence-corrected chi connectivity index (χ3v) is 10.4. The van der Waals surface area contributed by atoms with Crippen LogP contribution in [0.15, 0.2) is 138 Å². The number of benzene rings is 6. The van der Waals surface area contributed by atoms with Crippen LogP contribution in [0.2, 0.25) is 0 Å². The molecule has 0 fully saturated rings. The number of rotatable bonds is 3. The maximum atomic E-state index is 6.60. The van der Waals surface area contributed by atoms with Crippen molar-refractivity contribution in [2.45, 2.75) is 19.3 Å². The van der Waals surface area contributed by atoms with E-state index in [-0.39, 0.29) is 26.5 Å². The first-order chi connectivity index (χ1) is 25.0. The van der Waals surface area contributed by atoms with Crippen molar-refractivity contribution in [1.82, 2.24) is 14.4 Å². The Balaban J connectivity index is 0.00000338. The number of fused-ring (bicyclic) bond motifs is 14. The fraction of sp³-hybridized carbons (Fsp3) is 0.0667. The molecule has 6 aromatic carbocycles. The Morgan fingerprint density at radius 2 is 1.44 bits per heavy atom. The SMILES string of the molecule is CC1(C)c2cccnc2N(c2[c-]c(Oc3[c-]c4c(cc3)c3ccccc3n3c5ccccc5nc43)ccc2)c2c1ccc1oc3ccccc3c21.[Pt+2]. The number of hydrogen-bond donors (Lipinski definition) is 0. The zero-order valence-corrected chi connectivity index (χ0v) is 30.4. The molecule has 10 aromatic rings. The molecule has 0 N–H and O–H groups in total. The summed E-state index contributed by atoms with van der Waals surface area (Å²) in [7, 11) is 0. The molecule has 0 radical (unpaired) electrons. The largest absolute Gasteiger partial charge is 2.00 e. The summed E-state index contributed by atoms with van der Waals surface area (Å²) in [6.07, 6.45) is 1.86. The molecule has 0 amide bonds. The number of aromatic nitrogens is 3. The van der Waals surface area contributed by atoms with Crippen LogP contribution >= 0.6 is 0 Å². The summed E-state index contributed by atoms with van der Waals surface area (Å²) in [6, 6.07) is 50.7. The van der Waals surface area contributed by atoms with Gasteiger partial charge < -0.3 is 18.5 Å². The fourth-order valence-corrected chi connectivity index (χ4v) is 8.10. The second-order valence-electron chi connectivity index (χ2n) is 13.7. The Hall–Kier alpha value is -5.97. The molecule has 52 heavy (non-hydrogen) atoms. The number of nitrogens with zero attached hydrogens (tertiary/aromatic N) is 4. The average molecular weight is 852 g/mol. The van der Waals surface area contributed by atoms with Gasteiger partial charge in [0.25, 0.3) is 0 Å². The molecule has 7 heteroatoms. The number of imidazole rings is 1. The Morgan fingerprint density at radius 1 is 0.654 bits per heavy atom. The predicted molar refractivity (Wildman–Crippen MR) is 204 cm³/mol. The van der Waals surface area contributed by atoms with Crippen molar-refractivity contribution < 1.29 is 30.2 Å². The smallest absolute Gasteiger partial charge is 0.503 e. The first-order valence-electron chi connectivity index (χ1n) is 17.1. The molecule has 4 aromatic heterocycles. The van der Waals surface area contributed by atoms with Gasteiger partial charge in [0.1, 0.15) is 17.0 Å². The van der Waals surface area contributed by atoms with Gasteiger partial charge in [-0.05, 0) is 47.3 Å². The standard InChI is InChI=1S/C45H28N4O2.Pt/c1-45(2)34-22-23-40-41(32-14-4-8-19-39(32)51-40)42(34)48(44-35(45)15-10-24-46-44)27-11-9-12-28(25-27)50-29-20-21-30-31-13-3-6-17-37(31)49-38-18-7-5-16-36(38)47-43(49)33(30)26-29;/h3-24H,1-2H3;/q-2;+2. The first kappa shape index (κ1) is 30.8. The Kier molecular flexibility index (Phi) is 6.68. The van der Waals surface area contributed by atoms with Crippen LogP contribution in [0.4, 0.5) is 17.2 Å². The van der Waals surface area contributed by atoms with Crippen molar-refractivity contribution >= 4 is 77.5 Å². The van der Waals surface area contributed by atoms with Crippen molar-refractivity contribution in [3.05, 3.63) is 157 Å². The molecule has 0 saturated heterocycles. The van der Waals surface area contributed by atoms with Crippen molar-refractivity contribution in [3.8, 4) is 11.5 Å². The quantitative estimate of drug-likeness (QED) is 0.131. The monoisotopic (exact) mass is 851 g/mol. The summed E-state index contributed by atoms with van der Waals surface area (Å²) in [5.74, 6) is 2.02. The molecule has 0 unspecified atom stereocenters. The normalized spacial score (nSPS) is 13.5. The molecule has 250 valence electrons. The molecule has 11 rings (SSSR count). The van der Waals surface area contributed by atoms with Crippen LogP contribution in [0.1, 0.15) is 25.0 Å². The van der Waals surface area contributed by atoms with E-state index in [0.717, 1.165) is 83.1 Å². The summed E-state index contributed by atoms with van der Waals surface area (Å²) in [5, 5.41) is 5.23. The number of ether oxygens (including phenoxy) is 1. The van der Waals surface area contributed by atoms with Crippen LogP contribution in [-0.2, 0) is 26.5 Å². The summed E-state index contributed by atoms with van der Waals surface area (Å²) in [6.45, 7) is 4.53. The maximum absolute atomic E-state index is 6.60. The molecule has 0 atom stereocenters. The van der Waals surface area contributed by atoms with Crippen molar-refractivity contribution in [1.29, 1.82) is 0 Å². The third kappa shape index (κ3) is 4.28. The number of furan rings is 1. The summed E-state index contributed by atoms with van der Waals surface area (Å²) < 4.78 is 15.2. The van der Waals surface area contributed by atoms with Crippen molar-refractivity contribution in [3.63, 3.8) is 0 Å². The van der Waals surface area contributed by atoms with Gasteiger partial charge in [-0.25, -0.2) is 4.98 Å². The molecule has 1 aliphatic heterocycles.